The summed E-state index contributed by atoms with van der Waals surface area (Å²) in [6, 6.07) is 9.93. The van der Waals surface area contributed by atoms with Gasteiger partial charge in [-0.25, -0.2) is 0 Å². The average Bonchev–Trinajstić information content (AvgIpc) is 2.59. The summed E-state index contributed by atoms with van der Waals surface area (Å²) in [6.07, 6.45) is 0. The van der Waals surface area contributed by atoms with Crippen molar-refractivity contribution in [1.82, 2.24) is 0 Å². The molecule has 0 atom stereocenters. The fraction of sp³-hybridized carbons (Fsp3) is 0.0714. The maximum absolute atomic E-state index is 12.2. The SMILES string of the molecule is COc1ccc(C(=O)[Se]Sc2ccc([N+](=O)[O-])cc2[N+](=O)[O-])cc1. The fourth-order valence-corrected chi connectivity index (χ4v) is 5.11. The maximum atomic E-state index is 12.2. The van der Waals surface area contributed by atoms with E-state index in [-0.39, 0.29) is 21.0 Å². The number of nitrogens with zero attached hydrogens (tertiary/aromatic N) is 2. The Kier molecular flexibility index (Phi) is 5.91. The van der Waals surface area contributed by atoms with Gasteiger partial charge in [-0.05, 0) is 0 Å². The molecule has 2 aromatic carbocycles. The third-order valence-corrected chi connectivity index (χ3v) is 6.74. The van der Waals surface area contributed by atoms with Crippen LogP contribution in [0.3, 0.4) is 0 Å². The van der Waals surface area contributed by atoms with Crippen molar-refractivity contribution in [2.45, 2.75) is 4.90 Å². The Morgan fingerprint density at radius 3 is 2.29 bits per heavy atom. The van der Waals surface area contributed by atoms with Gasteiger partial charge in [0.15, 0.2) is 0 Å². The summed E-state index contributed by atoms with van der Waals surface area (Å²) in [4.78, 5) is 32.8. The van der Waals surface area contributed by atoms with Crippen molar-refractivity contribution in [3.63, 3.8) is 0 Å². The summed E-state index contributed by atoms with van der Waals surface area (Å²) in [5.74, 6) is 0.623. The molecule has 0 bridgehead atoms. The predicted molar refractivity (Wildman–Crippen MR) is 88.7 cm³/mol. The zero-order valence-corrected chi connectivity index (χ0v) is 14.7. The van der Waals surface area contributed by atoms with Crippen LogP contribution in [-0.2, 0) is 0 Å². The standard InChI is InChI=1S/C14H10N2O6SSe/c1-22-11-5-2-9(3-6-11)14(17)24-23-13-7-4-10(15(18)19)8-12(13)16(20)21/h2-8H,1H3. The number of hydrogen-bond donors (Lipinski definition) is 0. The summed E-state index contributed by atoms with van der Waals surface area (Å²) in [5.41, 5.74) is -0.258. The molecule has 0 saturated heterocycles. The van der Waals surface area contributed by atoms with E-state index in [0.717, 1.165) is 16.2 Å². The Morgan fingerprint density at radius 2 is 1.75 bits per heavy atom. The molecule has 10 heteroatoms. The number of benzene rings is 2. The van der Waals surface area contributed by atoms with Crippen molar-refractivity contribution in [3.05, 3.63) is 68.3 Å². The number of carbonyl (C=O) groups is 1. The van der Waals surface area contributed by atoms with Crippen LogP contribution in [-0.4, -0.2) is 35.5 Å². The van der Waals surface area contributed by atoms with Crippen molar-refractivity contribution in [2.75, 3.05) is 7.11 Å². The van der Waals surface area contributed by atoms with Gasteiger partial charge in [-0.15, -0.1) is 0 Å². The summed E-state index contributed by atoms with van der Waals surface area (Å²) in [5, 5.41) is 21.8. The van der Waals surface area contributed by atoms with Crippen LogP contribution in [0.1, 0.15) is 10.4 Å². The van der Waals surface area contributed by atoms with Crippen LogP contribution in [0.5, 0.6) is 5.75 Å². The van der Waals surface area contributed by atoms with Crippen molar-refractivity contribution >= 4 is 40.1 Å². The molecule has 2 aromatic rings. The van der Waals surface area contributed by atoms with Crippen LogP contribution >= 0.6 is 10.2 Å². The van der Waals surface area contributed by atoms with E-state index in [4.69, 9.17) is 4.74 Å². The van der Waals surface area contributed by atoms with Gasteiger partial charge in [0, 0.05) is 0 Å². The first-order chi connectivity index (χ1) is 11.4. The first kappa shape index (κ1) is 17.9. The summed E-state index contributed by atoms with van der Waals surface area (Å²) >= 11 is -0.643. The second-order valence-electron chi connectivity index (χ2n) is 4.35. The summed E-state index contributed by atoms with van der Waals surface area (Å²) in [7, 11) is 2.54. The van der Waals surface area contributed by atoms with Crippen LogP contribution < -0.4 is 4.74 Å². The molecule has 0 aromatic heterocycles. The zero-order chi connectivity index (χ0) is 17.7. The number of nitro groups is 2. The summed E-state index contributed by atoms with van der Waals surface area (Å²) < 4.78 is 4.86. The van der Waals surface area contributed by atoms with Crippen LogP contribution in [0.2, 0.25) is 0 Å². The van der Waals surface area contributed by atoms with E-state index in [0.29, 0.717) is 11.3 Å². The van der Waals surface area contributed by atoms with E-state index in [2.05, 4.69) is 0 Å². The van der Waals surface area contributed by atoms with Gasteiger partial charge < -0.3 is 0 Å². The number of carbonyl (C=O) groups excluding carboxylic acids is 1. The van der Waals surface area contributed by atoms with E-state index in [1.165, 1.54) is 19.2 Å². The zero-order valence-electron chi connectivity index (χ0n) is 12.2. The van der Waals surface area contributed by atoms with Gasteiger partial charge in [-0.1, -0.05) is 0 Å². The molecule has 0 unspecified atom stereocenters. The van der Waals surface area contributed by atoms with E-state index >= 15 is 0 Å². The molecule has 0 aliphatic carbocycles. The molecule has 0 heterocycles. The molecule has 124 valence electrons. The van der Waals surface area contributed by atoms with E-state index < -0.39 is 23.7 Å². The first-order valence-corrected chi connectivity index (χ1v) is 10.1. The molecule has 0 radical (unpaired) electrons. The molecular formula is C14H10N2O6SSe. The number of methoxy groups -OCH3 is 1. The van der Waals surface area contributed by atoms with Gasteiger partial charge in [0.05, 0.1) is 0 Å². The Morgan fingerprint density at radius 1 is 1.08 bits per heavy atom. The van der Waals surface area contributed by atoms with Crippen molar-refractivity contribution in [1.29, 1.82) is 0 Å². The molecule has 0 saturated carbocycles. The van der Waals surface area contributed by atoms with Gasteiger partial charge >= 0.3 is 145 Å². The molecule has 24 heavy (non-hydrogen) atoms. The number of rotatable bonds is 7. The molecule has 0 spiro atoms. The van der Waals surface area contributed by atoms with E-state index in [9.17, 15) is 25.0 Å². The van der Waals surface area contributed by atoms with Crippen molar-refractivity contribution in [2.24, 2.45) is 0 Å². The van der Waals surface area contributed by atoms with Gasteiger partial charge in [-0.2, -0.15) is 0 Å². The second-order valence-corrected chi connectivity index (χ2v) is 8.00. The minimum absolute atomic E-state index is 0.150. The third-order valence-electron chi connectivity index (χ3n) is 2.88. The molecule has 2 rings (SSSR count). The van der Waals surface area contributed by atoms with Crippen LogP contribution in [0.4, 0.5) is 11.4 Å². The quantitative estimate of drug-likeness (QED) is 0.389. The van der Waals surface area contributed by atoms with Crippen LogP contribution in [0.25, 0.3) is 0 Å². The number of hydrogen-bond acceptors (Lipinski definition) is 7. The van der Waals surface area contributed by atoms with Gasteiger partial charge in [0.25, 0.3) is 0 Å². The van der Waals surface area contributed by atoms with Gasteiger partial charge in [0.1, 0.15) is 0 Å². The Hall–Kier alpha value is -2.42. The summed E-state index contributed by atoms with van der Waals surface area (Å²) in [6.45, 7) is 0. The molecule has 0 aliphatic rings. The molecule has 0 amide bonds. The predicted octanol–water partition coefficient (Wildman–Crippen LogP) is 3.06. The first-order valence-electron chi connectivity index (χ1n) is 6.38. The number of non-ortho nitro benzene ring substituents is 1. The molecule has 0 N–H and O–H groups in total. The number of ether oxygens (including phenoxy) is 1. The minimum atomic E-state index is -0.699. The monoisotopic (exact) mass is 414 g/mol. The normalized spacial score (nSPS) is 10.2. The van der Waals surface area contributed by atoms with Gasteiger partial charge in [-0.3, -0.25) is 0 Å². The molecule has 0 fully saturated rings. The van der Waals surface area contributed by atoms with Crippen LogP contribution in [0, 0.1) is 20.2 Å². The molecule has 0 aliphatic heterocycles. The average molecular weight is 413 g/mol. The Labute approximate surface area is 145 Å². The Balaban J connectivity index is 2.14. The van der Waals surface area contributed by atoms with Crippen molar-refractivity contribution in [3.8, 4) is 5.75 Å². The van der Waals surface area contributed by atoms with Crippen LogP contribution in [0.15, 0.2) is 47.4 Å². The number of nitro benzene ring substituents is 2. The third kappa shape index (κ3) is 4.31. The Bertz CT molecular complexity index is 796. The topological polar surface area (TPSA) is 113 Å². The molecular weight excluding hydrogens is 403 g/mol. The van der Waals surface area contributed by atoms with E-state index in [1.807, 2.05) is 0 Å². The second kappa shape index (κ2) is 7.91. The fourth-order valence-electron chi connectivity index (χ4n) is 1.69. The molecule has 8 nitrogen and oxygen atoms in total. The van der Waals surface area contributed by atoms with Crippen molar-refractivity contribution < 1.29 is 19.4 Å². The van der Waals surface area contributed by atoms with Gasteiger partial charge in [0.2, 0.25) is 0 Å². The van der Waals surface area contributed by atoms with E-state index in [1.54, 1.807) is 24.3 Å².